The second kappa shape index (κ2) is 6.24. The van der Waals surface area contributed by atoms with Crippen LogP contribution in [0.3, 0.4) is 0 Å². The van der Waals surface area contributed by atoms with Gasteiger partial charge in [0.1, 0.15) is 0 Å². The summed E-state index contributed by atoms with van der Waals surface area (Å²) in [5.41, 5.74) is 1.36. The molecule has 2 saturated heterocycles. The average molecular weight is 309 g/mol. The second-order valence-electron chi connectivity index (χ2n) is 5.88. The summed E-state index contributed by atoms with van der Waals surface area (Å²) in [5, 5.41) is 3.98. The SMILES string of the molecule is COC(=O)c1cc(NC2CCN3CCCC3C2)ccc1Cl. The third-order valence-electron chi connectivity index (χ3n) is 4.56. The molecule has 4 nitrogen and oxygen atoms in total. The number of hydrogen-bond donors (Lipinski definition) is 1. The fourth-order valence-corrected chi connectivity index (χ4v) is 3.67. The Labute approximate surface area is 130 Å². The summed E-state index contributed by atoms with van der Waals surface area (Å²) in [4.78, 5) is 14.3. The van der Waals surface area contributed by atoms with Crippen molar-refractivity contribution in [1.82, 2.24) is 4.90 Å². The molecule has 0 aromatic heterocycles. The molecule has 5 heteroatoms. The monoisotopic (exact) mass is 308 g/mol. The maximum Gasteiger partial charge on any atom is 0.339 e. The van der Waals surface area contributed by atoms with Crippen molar-refractivity contribution in [1.29, 1.82) is 0 Å². The number of carbonyl (C=O) groups excluding carboxylic acids is 1. The van der Waals surface area contributed by atoms with Crippen LogP contribution in [0.4, 0.5) is 5.69 Å². The Kier molecular flexibility index (Phi) is 4.36. The molecule has 21 heavy (non-hydrogen) atoms. The Morgan fingerprint density at radius 2 is 2.24 bits per heavy atom. The number of ether oxygens (including phenoxy) is 1. The number of esters is 1. The molecule has 1 N–H and O–H groups in total. The first-order valence-corrected chi connectivity index (χ1v) is 7.93. The van der Waals surface area contributed by atoms with E-state index in [0.29, 0.717) is 16.6 Å². The molecule has 1 aromatic rings. The largest absolute Gasteiger partial charge is 0.465 e. The number of methoxy groups -OCH3 is 1. The number of fused-ring (bicyclic) bond motifs is 1. The van der Waals surface area contributed by atoms with E-state index in [9.17, 15) is 4.79 Å². The van der Waals surface area contributed by atoms with E-state index in [1.165, 1.54) is 39.5 Å². The summed E-state index contributed by atoms with van der Waals surface area (Å²) in [5.74, 6) is -0.394. The molecule has 0 bridgehead atoms. The lowest BCUT2D eigenvalue weighted by atomic mass is 9.97. The van der Waals surface area contributed by atoms with Gasteiger partial charge in [0, 0.05) is 24.3 Å². The number of hydrogen-bond acceptors (Lipinski definition) is 4. The number of carbonyl (C=O) groups is 1. The lowest BCUT2D eigenvalue weighted by molar-refractivity contribution is 0.0601. The molecule has 1 aromatic carbocycles. The molecule has 114 valence electrons. The Morgan fingerprint density at radius 3 is 3.05 bits per heavy atom. The van der Waals surface area contributed by atoms with E-state index in [-0.39, 0.29) is 0 Å². The molecule has 2 atom stereocenters. The summed E-state index contributed by atoms with van der Waals surface area (Å²) >= 11 is 6.05. The van der Waals surface area contributed by atoms with Crippen LogP contribution in [-0.4, -0.2) is 43.2 Å². The molecule has 0 radical (unpaired) electrons. The number of piperidine rings is 1. The van der Waals surface area contributed by atoms with Crippen molar-refractivity contribution >= 4 is 23.3 Å². The minimum Gasteiger partial charge on any atom is -0.465 e. The topological polar surface area (TPSA) is 41.6 Å². The van der Waals surface area contributed by atoms with Gasteiger partial charge in [-0.25, -0.2) is 4.79 Å². The molecular formula is C16H21ClN2O2. The molecule has 0 saturated carbocycles. The van der Waals surface area contributed by atoms with E-state index in [2.05, 4.69) is 10.2 Å². The number of halogens is 1. The van der Waals surface area contributed by atoms with Crippen molar-refractivity contribution in [2.75, 3.05) is 25.5 Å². The van der Waals surface area contributed by atoms with Gasteiger partial charge in [-0.05, 0) is 50.4 Å². The highest BCUT2D eigenvalue weighted by atomic mass is 35.5. The van der Waals surface area contributed by atoms with Gasteiger partial charge < -0.3 is 15.0 Å². The fourth-order valence-electron chi connectivity index (χ4n) is 3.47. The normalized spacial score (nSPS) is 25.4. The molecule has 2 aliphatic heterocycles. The first kappa shape index (κ1) is 14.7. The second-order valence-corrected chi connectivity index (χ2v) is 6.29. The maximum atomic E-state index is 11.7. The smallest absolute Gasteiger partial charge is 0.339 e. The van der Waals surface area contributed by atoms with E-state index in [1.54, 1.807) is 12.1 Å². The fraction of sp³-hybridized carbons (Fsp3) is 0.562. The average Bonchev–Trinajstić information content (AvgIpc) is 2.96. The zero-order valence-corrected chi connectivity index (χ0v) is 13.0. The first-order chi connectivity index (χ1) is 10.2. The number of nitrogens with one attached hydrogen (secondary N) is 1. The van der Waals surface area contributed by atoms with E-state index in [1.807, 2.05) is 6.07 Å². The predicted octanol–water partition coefficient (Wildman–Crippen LogP) is 3.17. The van der Waals surface area contributed by atoms with Crippen molar-refractivity contribution in [2.24, 2.45) is 0 Å². The predicted molar refractivity (Wildman–Crippen MR) is 84.0 cm³/mol. The molecule has 0 spiro atoms. The highest BCUT2D eigenvalue weighted by Crippen LogP contribution is 2.29. The van der Waals surface area contributed by atoms with E-state index in [0.717, 1.165) is 18.2 Å². The summed E-state index contributed by atoms with van der Waals surface area (Å²) in [6.07, 6.45) is 4.96. The van der Waals surface area contributed by atoms with Crippen LogP contribution in [-0.2, 0) is 4.74 Å². The Morgan fingerprint density at radius 1 is 1.38 bits per heavy atom. The maximum absolute atomic E-state index is 11.7. The van der Waals surface area contributed by atoms with Crippen LogP contribution in [0.25, 0.3) is 0 Å². The zero-order chi connectivity index (χ0) is 14.8. The van der Waals surface area contributed by atoms with Crippen LogP contribution >= 0.6 is 11.6 Å². The van der Waals surface area contributed by atoms with Gasteiger partial charge in [0.2, 0.25) is 0 Å². The number of benzene rings is 1. The number of anilines is 1. The summed E-state index contributed by atoms with van der Waals surface area (Å²) in [7, 11) is 1.37. The van der Waals surface area contributed by atoms with Gasteiger partial charge in [-0.1, -0.05) is 11.6 Å². The highest BCUT2D eigenvalue weighted by molar-refractivity contribution is 6.33. The Balaban J connectivity index is 1.69. The van der Waals surface area contributed by atoms with Gasteiger partial charge in [0.25, 0.3) is 0 Å². The van der Waals surface area contributed by atoms with Gasteiger partial charge in [-0.15, -0.1) is 0 Å². The molecule has 0 aliphatic carbocycles. The zero-order valence-electron chi connectivity index (χ0n) is 12.3. The number of nitrogens with zero attached hydrogens (tertiary/aromatic N) is 1. The lowest BCUT2D eigenvalue weighted by Gasteiger charge is -2.35. The van der Waals surface area contributed by atoms with E-state index < -0.39 is 5.97 Å². The first-order valence-electron chi connectivity index (χ1n) is 7.56. The molecule has 0 amide bonds. The Bertz CT molecular complexity index is 535. The molecule has 2 heterocycles. The minimum absolute atomic E-state index is 0.394. The van der Waals surface area contributed by atoms with Crippen molar-refractivity contribution in [3.63, 3.8) is 0 Å². The van der Waals surface area contributed by atoms with Gasteiger partial charge in [0.05, 0.1) is 17.7 Å². The molecular weight excluding hydrogens is 288 g/mol. The lowest BCUT2D eigenvalue weighted by Crippen LogP contribution is -2.42. The van der Waals surface area contributed by atoms with Crippen LogP contribution in [0.2, 0.25) is 5.02 Å². The summed E-state index contributed by atoms with van der Waals surface area (Å²) in [6, 6.07) is 6.66. The summed E-state index contributed by atoms with van der Waals surface area (Å²) < 4.78 is 4.76. The third kappa shape index (κ3) is 3.16. The van der Waals surface area contributed by atoms with Crippen LogP contribution in [0.5, 0.6) is 0 Å². The number of rotatable bonds is 3. The van der Waals surface area contributed by atoms with Crippen LogP contribution in [0.15, 0.2) is 18.2 Å². The quantitative estimate of drug-likeness (QED) is 0.871. The van der Waals surface area contributed by atoms with Gasteiger partial charge in [0.15, 0.2) is 0 Å². The van der Waals surface area contributed by atoms with Gasteiger partial charge in [-0.3, -0.25) is 0 Å². The van der Waals surface area contributed by atoms with Crippen LogP contribution in [0.1, 0.15) is 36.0 Å². The van der Waals surface area contributed by atoms with Crippen LogP contribution < -0.4 is 5.32 Å². The standard InChI is InChI=1S/C16H21ClN2O2/c1-21-16(20)14-10-11(4-5-15(14)17)18-12-6-8-19-7-2-3-13(19)9-12/h4-5,10,12-13,18H,2-3,6-9H2,1H3. The molecule has 2 fully saturated rings. The minimum atomic E-state index is -0.394. The van der Waals surface area contributed by atoms with Crippen molar-refractivity contribution in [2.45, 2.75) is 37.8 Å². The van der Waals surface area contributed by atoms with Crippen molar-refractivity contribution in [3.8, 4) is 0 Å². The van der Waals surface area contributed by atoms with E-state index >= 15 is 0 Å². The van der Waals surface area contributed by atoms with Gasteiger partial charge >= 0.3 is 5.97 Å². The van der Waals surface area contributed by atoms with E-state index in [4.69, 9.17) is 16.3 Å². The Hall–Kier alpha value is -1.26. The van der Waals surface area contributed by atoms with Gasteiger partial charge in [-0.2, -0.15) is 0 Å². The summed E-state index contributed by atoms with van der Waals surface area (Å²) in [6.45, 7) is 2.42. The molecule has 3 rings (SSSR count). The van der Waals surface area contributed by atoms with Crippen molar-refractivity contribution in [3.05, 3.63) is 28.8 Å². The highest BCUT2D eigenvalue weighted by Gasteiger charge is 2.31. The van der Waals surface area contributed by atoms with Crippen molar-refractivity contribution < 1.29 is 9.53 Å². The molecule has 2 aliphatic rings. The molecule has 2 unspecified atom stereocenters. The van der Waals surface area contributed by atoms with Crippen LogP contribution in [0, 0.1) is 0 Å². The third-order valence-corrected chi connectivity index (χ3v) is 4.89.